The van der Waals surface area contributed by atoms with E-state index in [2.05, 4.69) is 0 Å². The Balaban J connectivity index is 2.01. The number of ether oxygens (including phenoxy) is 4. The van der Waals surface area contributed by atoms with Crippen LogP contribution in [0.1, 0.15) is 31.4 Å². The van der Waals surface area contributed by atoms with Gasteiger partial charge in [-0.25, -0.2) is 0 Å². The van der Waals surface area contributed by atoms with E-state index in [1.54, 1.807) is 6.08 Å². The van der Waals surface area contributed by atoms with Crippen LogP contribution in [0.4, 0.5) is 0 Å². The molecule has 6 nitrogen and oxygen atoms in total. The van der Waals surface area contributed by atoms with E-state index in [4.69, 9.17) is 18.9 Å². The molecule has 6 heteroatoms. The van der Waals surface area contributed by atoms with Crippen LogP contribution in [0, 0.1) is 0 Å². The van der Waals surface area contributed by atoms with E-state index >= 15 is 0 Å². The maximum atomic E-state index is 11.7. The normalized spacial score (nSPS) is 13.0. The molecule has 0 fully saturated rings. The number of carbonyl (C=O) groups excluding carboxylic acids is 2. The van der Waals surface area contributed by atoms with Gasteiger partial charge in [-0.1, -0.05) is 72.8 Å². The van der Waals surface area contributed by atoms with Gasteiger partial charge in [0.05, 0.1) is 19.8 Å². The zero-order valence-electron chi connectivity index (χ0n) is 18.1. The summed E-state index contributed by atoms with van der Waals surface area (Å²) in [7, 11) is 0. The van der Waals surface area contributed by atoms with E-state index in [1.807, 2.05) is 66.7 Å². The van der Waals surface area contributed by atoms with Crippen LogP contribution in [0.3, 0.4) is 0 Å². The molecule has 0 unspecified atom stereocenters. The molecule has 0 aliphatic carbocycles. The molecule has 166 valence electrons. The van der Waals surface area contributed by atoms with E-state index < -0.39 is 18.2 Å². The summed E-state index contributed by atoms with van der Waals surface area (Å²) in [6, 6.07) is 19.6. The number of carbonyl (C=O) groups is 2. The summed E-state index contributed by atoms with van der Waals surface area (Å²) in [5.74, 6) is -0.741. The molecule has 0 saturated heterocycles. The summed E-state index contributed by atoms with van der Waals surface area (Å²) in [4.78, 5) is 22.6. The van der Waals surface area contributed by atoms with Gasteiger partial charge in [0.1, 0.15) is 18.8 Å². The number of hydrogen-bond acceptors (Lipinski definition) is 6. The molecule has 0 radical (unpaired) electrons. The Hall–Kier alpha value is -2.96. The van der Waals surface area contributed by atoms with Crippen molar-refractivity contribution in [1.29, 1.82) is 0 Å². The topological polar surface area (TPSA) is 71.1 Å². The van der Waals surface area contributed by atoms with Gasteiger partial charge in [-0.3, -0.25) is 9.59 Å². The lowest BCUT2D eigenvalue weighted by Crippen LogP contribution is -2.36. The predicted molar refractivity (Wildman–Crippen MR) is 117 cm³/mol. The first kappa shape index (κ1) is 24.3. The molecule has 2 aromatic carbocycles. The minimum atomic E-state index is -0.537. The van der Waals surface area contributed by atoms with Gasteiger partial charge in [0.25, 0.3) is 0 Å². The second-order valence-electron chi connectivity index (χ2n) is 6.99. The number of benzene rings is 2. The molecule has 31 heavy (non-hydrogen) atoms. The van der Waals surface area contributed by atoms with Crippen molar-refractivity contribution in [3.8, 4) is 0 Å². The standard InChI is InChI=1S/C25H30O6/c1-20(26)29-16-10-9-15-24(31-21(2)27)25(30-18-23-13-7-4-8-14-23)19-28-17-22-11-5-3-6-12-22/h3-14,24-25H,15-19H2,1-2H3/b10-9-/t24-,25-/m1/s1. The smallest absolute Gasteiger partial charge is 0.303 e. The lowest BCUT2D eigenvalue weighted by molar-refractivity contribution is -0.160. The Labute approximate surface area is 183 Å². The Morgan fingerprint density at radius 2 is 1.42 bits per heavy atom. The molecule has 0 saturated carbocycles. The molecule has 0 bridgehead atoms. The lowest BCUT2D eigenvalue weighted by Gasteiger charge is -2.26. The van der Waals surface area contributed by atoms with Crippen LogP contribution in [-0.4, -0.2) is 37.4 Å². The monoisotopic (exact) mass is 426 g/mol. The highest BCUT2D eigenvalue weighted by molar-refractivity contribution is 5.66. The highest BCUT2D eigenvalue weighted by Crippen LogP contribution is 2.15. The Kier molecular flexibility index (Phi) is 11.1. The average molecular weight is 427 g/mol. The van der Waals surface area contributed by atoms with Gasteiger partial charge in [-0.2, -0.15) is 0 Å². The summed E-state index contributed by atoms with van der Waals surface area (Å²) >= 11 is 0. The van der Waals surface area contributed by atoms with Gasteiger partial charge in [-0.05, 0) is 11.1 Å². The largest absolute Gasteiger partial charge is 0.462 e. The molecule has 0 aromatic heterocycles. The molecule has 0 aliphatic heterocycles. The Morgan fingerprint density at radius 1 is 0.806 bits per heavy atom. The quantitative estimate of drug-likeness (QED) is 0.353. The molecule has 0 spiro atoms. The second kappa shape index (κ2) is 14.1. The summed E-state index contributed by atoms with van der Waals surface area (Å²) in [5.41, 5.74) is 2.07. The molecular formula is C25H30O6. The average Bonchev–Trinajstić information content (AvgIpc) is 2.76. The number of hydrogen-bond donors (Lipinski definition) is 0. The summed E-state index contributed by atoms with van der Waals surface area (Å²) in [5, 5.41) is 0. The number of esters is 2. The van der Waals surface area contributed by atoms with Gasteiger partial charge in [0, 0.05) is 20.3 Å². The molecule has 2 rings (SSSR count). The zero-order chi connectivity index (χ0) is 22.3. The summed E-state index contributed by atoms with van der Waals surface area (Å²) in [6.45, 7) is 3.96. The fraction of sp³-hybridized carbons (Fsp3) is 0.360. The van der Waals surface area contributed by atoms with Crippen molar-refractivity contribution in [1.82, 2.24) is 0 Å². The van der Waals surface area contributed by atoms with Crippen LogP contribution < -0.4 is 0 Å². The first-order chi connectivity index (χ1) is 15.0. The highest BCUT2D eigenvalue weighted by Gasteiger charge is 2.25. The molecule has 0 N–H and O–H groups in total. The minimum absolute atomic E-state index is 0.169. The molecule has 2 aromatic rings. The van der Waals surface area contributed by atoms with Crippen LogP contribution in [0.2, 0.25) is 0 Å². The Bertz CT molecular complexity index is 803. The van der Waals surface area contributed by atoms with Gasteiger partial charge < -0.3 is 18.9 Å². The first-order valence-electron chi connectivity index (χ1n) is 10.3. The van der Waals surface area contributed by atoms with E-state index in [1.165, 1.54) is 13.8 Å². The van der Waals surface area contributed by atoms with E-state index in [0.717, 1.165) is 11.1 Å². The van der Waals surface area contributed by atoms with Gasteiger partial charge in [0.2, 0.25) is 0 Å². The van der Waals surface area contributed by atoms with Crippen LogP contribution in [0.25, 0.3) is 0 Å². The molecule has 0 amide bonds. The maximum Gasteiger partial charge on any atom is 0.303 e. The molecule has 0 heterocycles. The second-order valence-corrected chi connectivity index (χ2v) is 6.99. The van der Waals surface area contributed by atoms with Crippen molar-refractivity contribution in [3.05, 3.63) is 83.9 Å². The summed E-state index contributed by atoms with van der Waals surface area (Å²) < 4.78 is 22.4. The molecule has 0 aliphatic rings. The molecular weight excluding hydrogens is 396 g/mol. The van der Waals surface area contributed by atoms with E-state index in [9.17, 15) is 9.59 Å². The highest BCUT2D eigenvalue weighted by atomic mass is 16.6. The first-order valence-corrected chi connectivity index (χ1v) is 10.3. The number of rotatable bonds is 13. The minimum Gasteiger partial charge on any atom is -0.462 e. The van der Waals surface area contributed by atoms with Crippen LogP contribution in [0.15, 0.2) is 72.8 Å². The van der Waals surface area contributed by atoms with Crippen LogP contribution in [-0.2, 0) is 41.8 Å². The third-order valence-electron chi connectivity index (χ3n) is 4.35. The van der Waals surface area contributed by atoms with Crippen molar-refractivity contribution in [2.24, 2.45) is 0 Å². The molecule has 2 atom stereocenters. The van der Waals surface area contributed by atoms with Gasteiger partial charge in [0.15, 0.2) is 0 Å². The lowest BCUT2D eigenvalue weighted by atomic mass is 10.1. The van der Waals surface area contributed by atoms with Crippen molar-refractivity contribution >= 4 is 11.9 Å². The van der Waals surface area contributed by atoms with Gasteiger partial charge >= 0.3 is 11.9 Å². The van der Waals surface area contributed by atoms with E-state index in [0.29, 0.717) is 19.6 Å². The fourth-order valence-corrected chi connectivity index (χ4v) is 2.86. The van der Waals surface area contributed by atoms with Crippen molar-refractivity contribution < 1.29 is 28.5 Å². The third-order valence-corrected chi connectivity index (χ3v) is 4.35. The SMILES string of the molecule is CC(=O)OC/C=C\C[C@@H](OC(C)=O)[C@@H](COCc1ccccc1)OCc1ccccc1. The predicted octanol–water partition coefficient (Wildman–Crippen LogP) is 4.23. The van der Waals surface area contributed by atoms with Crippen LogP contribution in [0.5, 0.6) is 0 Å². The van der Waals surface area contributed by atoms with Crippen molar-refractivity contribution in [3.63, 3.8) is 0 Å². The summed E-state index contributed by atoms with van der Waals surface area (Å²) in [6.07, 6.45) is 2.94. The van der Waals surface area contributed by atoms with Crippen molar-refractivity contribution in [2.45, 2.75) is 45.7 Å². The fourth-order valence-electron chi connectivity index (χ4n) is 2.86. The van der Waals surface area contributed by atoms with E-state index in [-0.39, 0.29) is 19.2 Å². The van der Waals surface area contributed by atoms with Gasteiger partial charge in [-0.15, -0.1) is 0 Å². The Morgan fingerprint density at radius 3 is 2.00 bits per heavy atom. The zero-order valence-corrected chi connectivity index (χ0v) is 18.1. The van der Waals surface area contributed by atoms with Crippen molar-refractivity contribution in [2.75, 3.05) is 13.2 Å². The third kappa shape index (κ3) is 10.6. The van der Waals surface area contributed by atoms with Crippen LogP contribution >= 0.6 is 0 Å². The maximum absolute atomic E-state index is 11.7.